The van der Waals surface area contributed by atoms with Gasteiger partial charge in [-0.2, -0.15) is 5.10 Å². The fourth-order valence-electron chi connectivity index (χ4n) is 2.78. The summed E-state index contributed by atoms with van der Waals surface area (Å²) in [5.41, 5.74) is 6.17. The van der Waals surface area contributed by atoms with Crippen molar-refractivity contribution >= 4 is 28.5 Å². The van der Waals surface area contributed by atoms with E-state index in [1.807, 2.05) is 11.9 Å². The van der Waals surface area contributed by atoms with E-state index in [1.165, 1.54) is 0 Å². The number of halogens is 1. The Labute approximate surface area is 127 Å². The number of primary amides is 1. The van der Waals surface area contributed by atoms with Crippen LogP contribution in [0.15, 0.2) is 6.20 Å². The Kier molecular flexibility index (Phi) is 3.77. The second kappa shape index (κ2) is 5.57. The van der Waals surface area contributed by atoms with E-state index in [2.05, 4.69) is 15.1 Å². The smallest absolute Gasteiger partial charge is 0.234 e. The molecule has 1 fully saturated rings. The molecule has 0 spiro atoms. The first-order valence-corrected chi connectivity index (χ1v) is 7.31. The molecule has 2 N–H and O–H groups in total. The highest BCUT2D eigenvalue weighted by Crippen LogP contribution is 2.22. The van der Waals surface area contributed by atoms with Crippen LogP contribution in [0.3, 0.4) is 0 Å². The van der Waals surface area contributed by atoms with E-state index in [4.69, 9.17) is 17.3 Å². The van der Waals surface area contributed by atoms with Crippen molar-refractivity contribution < 1.29 is 4.79 Å². The Morgan fingerprint density at radius 3 is 3.05 bits per heavy atom. The summed E-state index contributed by atoms with van der Waals surface area (Å²) in [6.45, 7) is 1.28. The third kappa shape index (κ3) is 2.71. The number of aryl methyl sites for hydroxylation is 1. The van der Waals surface area contributed by atoms with Crippen LogP contribution in [0.4, 0.5) is 0 Å². The number of likely N-dealkylation sites (tertiary alicyclic amines) is 1. The molecule has 1 amide bonds. The topological polar surface area (TPSA) is 89.9 Å². The summed E-state index contributed by atoms with van der Waals surface area (Å²) in [6, 6.07) is -0.247. The number of hydrogen-bond donors (Lipinski definition) is 1. The molecule has 1 saturated heterocycles. The van der Waals surface area contributed by atoms with Crippen LogP contribution in [-0.2, 0) is 18.4 Å². The van der Waals surface area contributed by atoms with Gasteiger partial charge in [-0.3, -0.25) is 14.4 Å². The zero-order chi connectivity index (χ0) is 15.0. The van der Waals surface area contributed by atoms with Crippen molar-refractivity contribution in [2.75, 3.05) is 6.54 Å². The van der Waals surface area contributed by atoms with Crippen molar-refractivity contribution in [3.8, 4) is 0 Å². The van der Waals surface area contributed by atoms with Gasteiger partial charge in [0, 0.05) is 7.05 Å². The van der Waals surface area contributed by atoms with Gasteiger partial charge in [0.05, 0.1) is 24.2 Å². The standard InChI is InChI=1S/C13H17ClN6O/c1-19-13-8(6-16-19)11(14)17-10(18-13)7-20-5-3-2-4-9(20)12(15)21/h6,9H,2-5,7H2,1H3,(H2,15,21). The van der Waals surface area contributed by atoms with Gasteiger partial charge in [0.1, 0.15) is 11.0 Å². The summed E-state index contributed by atoms with van der Waals surface area (Å²) < 4.78 is 1.66. The lowest BCUT2D eigenvalue weighted by atomic mass is 10.0. The lowest BCUT2D eigenvalue weighted by molar-refractivity contribution is -0.124. The molecule has 0 aromatic carbocycles. The van der Waals surface area contributed by atoms with Gasteiger partial charge in [-0.25, -0.2) is 9.97 Å². The Balaban J connectivity index is 1.90. The zero-order valence-corrected chi connectivity index (χ0v) is 12.5. The van der Waals surface area contributed by atoms with Gasteiger partial charge in [-0.1, -0.05) is 18.0 Å². The molecule has 1 aliphatic rings. The number of nitrogens with two attached hydrogens (primary N) is 1. The molecule has 0 aliphatic carbocycles. The molecule has 0 saturated carbocycles. The zero-order valence-electron chi connectivity index (χ0n) is 11.8. The van der Waals surface area contributed by atoms with Gasteiger partial charge in [-0.05, 0) is 19.4 Å². The molecular formula is C13H17ClN6O. The van der Waals surface area contributed by atoms with Crippen LogP contribution in [0.5, 0.6) is 0 Å². The highest BCUT2D eigenvalue weighted by molar-refractivity contribution is 6.33. The number of aromatic nitrogens is 4. The summed E-state index contributed by atoms with van der Waals surface area (Å²) in [6.07, 6.45) is 4.50. The Morgan fingerprint density at radius 2 is 2.29 bits per heavy atom. The Bertz CT molecular complexity index is 685. The number of carbonyl (C=O) groups excluding carboxylic acids is 1. The first-order valence-electron chi connectivity index (χ1n) is 6.94. The molecule has 112 valence electrons. The van der Waals surface area contributed by atoms with Crippen molar-refractivity contribution in [1.29, 1.82) is 0 Å². The molecule has 2 aromatic rings. The minimum absolute atomic E-state index is 0.247. The number of fused-ring (bicyclic) bond motifs is 1. The molecule has 8 heteroatoms. The van der Waals surface area contributed by atoms with Crippen LogP contribution in [0.2, 0.25) is 5.15 Å². The number of rotatable bonds is 3. The van der Waals surface area contributed by atoms with Crippen LogP contribution in [0.1, 0.15) is 25.1 Å². The molecule has 3 heterocycles. The van der Waals surface area contributed by atoms with Crippen LogP contribution in [0, 0.1) is 0 Å². The monoisotopic (exact) mass is 308 g/mol. The number of amides is 1. The summed E-state index contributed by atoms with van der Waals surface area (Å²) in [5, 5.41) is 5.24. The molecule has 21 heavy (non-hydrogen) atoms. The average molecular weight is 309 g/mol. The first kappa shape index (κ1) is 14.2. The third-order valence-corrected chi connectivity index (χ3v) is 4.17. The lowest BCUT2D eigenvalue weighted by Crippen LogP contribution is -2.47. The molecule has 1 aliphatic heterocycles. The van der Waals surface area contributed by atoms with E-state index < -0.39 is 0 Å². The van der Waals surface area contributed by atoms with Gasteiger partial charge in [-0.15, -0.1) is 0 Å². The maximum Gasteiger partial charge on any atom is 0.234 e. The summed E-state index contributed by atoms with van der Waals surface area (Å²) in [7, 11) is 1.81. The predicted octanol–water partition coefficient (Wildman–Crippen LogP) is 0.856. The average Bonchev–Trinajstić information content (AvgIpc) is 2.81. The number of piperidine rings is 1. The van der Waals surface area contributed by atoms with Crippen molar-refractivity contribution in [3.05, 3.63) is 17.2 Å². The minimum atomic E-state index is -0.289. The second-order valence-electron chi connectivity index (χ2n) is 5.32. The van der Waals surface area contributed by atoms with E-state index >= 15 is 0 Å². The molecule has 0 bridgehead atoms. The van der Waals surface area contributed by atoms with Crippen molar-refractivity contribution in [2.24, 2.45) is 12.8 Å². The fraction of sp³-hybridized carbons (Fsp3) is 0.538. The van der Waals surface area contributed by atoms with E-state index in [0.29, 0.717) is 23.2 Å². The van der Waals surface area contributed by atoms with Gasteiger partial charge >= 0.3 is 0 Å². The van der Waals surface area contributed by atoms with Crippen molar-refractivity contribution in [3.63, 3.8) is 0 Å². The Hall–Kier alpha value is -1.73. The fourth-order valence-corrected chi connectivity index (χ4v) is 3.02. The van der Waals surface area contributed by atoms with E-state index in [0.717, 1.165) is 31.2 Å². The number of hydrogen-bond acceptors (Lipinski definition) is 5. The third-order valence-electron chi connectivity index (χ3n) is 3.88. The van der Waals surface area contributed by atoms with Crippen LogP contribution in [-0.4, -0.2) is 43.1 Å². The summed E-state index contributed by atoms with van der Waals surface area (Å²) in [5.74, 6) is 0.298. The molecule has 1 unspecified atom stereocenters. The quantitative estimate of drug-likeness (QED) is 0.849. The molecule has 3 rings (SSSR count). The molecular weight excluding hydrogens is 292 g/mol. The molecule has 2 aromatic heterocycles. The van der Waals surface area contributed by atoms with Crippen molar-refractivity contribution in [1.82, 2.24) is 24.6 Å². The van der Waals surface area contributed by atoms with E-state index in [1.54, 1.807) is 10.9 Å². The van der Waals surface area contributed by atoms with Crippen LogP contribution >= 0.6 is 11.6 Å². The molecule has 1 atom stereocenters. The van der Waals surface area contributed by atoms with Crippen molar-refractivity contribution in [2.45, 2.75) is 31.8 Å². The maximum absolute atomic E-state index is 11.5. The lowest BCUT2D eigenvalue weighted by Gasteiger charge is -2.32. The predicted molar refractivity (Wildman–Crippen MR) is 78.6 cm³/mol. The normalized spacial score (nSPS) is 20.0. The van der Waals surface area contributed by atoms with Gasteiger partial charge in [0.25, 0.3) is 0 Å². The van der Waals surface area contributed by atoms with Crippen LogP contribution in [0.25, 0.3) is 11.0 Å². The molecule has 0 radical (unpaired) electrons. The highest BCUT2D eigenvalue weighted by atomic mass is 35.5. The van der Waals surface area contributed by atoms with Gasteiger partial charge < -0.3 is 5.73 Å². The Morgan fingerprint density at radius 1 is 1.48 bits per heavy atom. The number of carbonyl (C=O) groups is 1. The maximum atomic E-state index is 11.5. The van der Waals surface area contributed by atoms with Gasteiger partial charge in [0.15, 0.2) is 5.65 Å². The second-order valence-corrected chi connectivity index (χ2v) is 5.68. The first-order chi connectivity index (χ1) is 10.1. The van der Waals surface area contributed by atoms with Gasteiger partial charge in [0.2, 0.25) is 5.91 Å². The minimum Gasteiger partial charge on any atom is -0.368 e. The molecule has 7 nitrogen and oxygen atoms in total. The summed E-state index contributed by atoms with van der Waals surface area (Å²) >= 11 is 6.18. The largest absolute Gasteiger partial charge is 0.368 e. The SMILES string of the molecule is Cn1ncc2c(Cl)nc(CN3CCCCC3C(N)=O)nc21. The number of nitrogens with zero attached hydrogens (tertiary/aromatic N) is 5. The highest BCUT2D eigenvalue weighted by Gasteiger charge is 2.27. The van der Waals surface area contributed by atoms with E-state index in [9.17, 15) is 4.79 Å². The van der Waals surface area contributed by atoms with E-state index in [-0.39, 0.29) is 11.9 Å². The summed E-state index contributed by atoms with van der Waals surface area (Å²) in [4.78, 5) is 22.4. The van der Waals surface area contributed by atoms with Crippen LogP contribution < -0.4 is 5.73 Å².